The Bertz CT molecular complexity index is 458. The fraction of sp³-hybridized carbons (Fsp3) is 0.500. The van der Waals surface area contributed by atoms with E-state index in [1.165, 1.54) is 6.42 Å². The van der Waals surface area contributed by atoms with Crippen LogP contribution >= 0.6 is 0 Å². The Labute approximate surface area is 108 Å². The van der Waals surface area contributed by atoms with E-state index in [0.29, 0.717) is 17.2 Å². The molecule has 18 heavy (non-hydrogen) atoms. The molecule has 4 heteroatoms. The van der Waals surface area contributed by atoms with Crippen molar-refractivity contribution in [3.63, 3.8) is 0 Å². The molecule has 0 heterocycles. The number of amides is 1. The molecule has 4 nitrogen and oxygen atoms in total. The molecule has 3 N–H and O–H groups in total. The summed E-state index contributed by atoms with van der Waals surface area (Å²) in [5.41, 5.74) is 5.01. The minimum absolute atomic E-state index is 0.0297. The van der Waals surface area contributed by atoms with E-state index in [-0.39, 0.29) is 5.91 Å². The van der Waals surface area contributed by atoms with E-state index in [1.807, 2.05) is 32.2 Å². The number of aryl methyl sites for hydroxylation is 1. The molecule has 1 saturated carbocycles. The number of nitrogens with two attached hydrogens (primary N) is 1. The van der Waals surface area contributed by atoms with Gasteiger partial charge in [-0.3, -0.25) is 10.6 Å². The molecule has 1 fully saturated rings. The fourth-order valence-corrected chi connectivity index (χ4v) is 2.26. The van der Waals surface area contributed by atoms with Gasteiger partial charge in [0.1, 0.15) is 0 Å². The average Bonchev–Trinajstić information content (AvgIpc) is 3.03. The zero-order valence-corrected chi connectivity index (χ0v) is 11.2. The van der Waals surface area contributed by atoms with Crippen LogP contribution in [0.25, 0.3) is 0 Å². The number of hydrazine groups is 1. The second-order valence-corrected chi connectivity index (χ2v) is 5.35. The van der Waals surface area contributed by atoms with Crippen molar-refractivity contribution < 1.29 is 4.79 Å². The third-order valence-corrected chi connectivity index (χ3v) is 3.69. The number of hydrogen-bond acceptors (Lipinski definition) is 3. The van der Waals surface area contributed by atoms with E-state index in [1.54, 1.807) is 4.90 Å². The summed E-state index contributed by atoms with van der Waals surface area (Å²) < 4.78 is 0. The largest absolute Gasteiger partial charge is 0.341 e. The van der Waals surface area contributed by atoms with Crippen molar-refractivity contribution >= 4 is 11.6 Å². The van der Waals surface area contributed by atoms with Crippen molar-refractivity contribution in [1.29, 1.82) is 0 Å². The third kappa shape index (κ3) is 2.64. The maximum atomic E-state index is 12.3. The first kappa shape index (κ1) is 12.9. The Morgan fingerprint density at radius 2 is 2.22 bits per heavy atom. The summed E-state index contributed by atoms with van der Waals surface area (Å²) in [4.78, 5) is 14.1. The maximum absolute atomic E-state index is 12.3. The van der Waals surface area contributed by atoms with E-state index < -0.39 is 0 Å². The van der Waals surface area contributed by atoms with E-state index in [0.717, 1.165) is 18.0 Å². The second kappa shape index (κ2) is 4.98. The van der Waals surface area contributed by atoms with Crippen LogP contribution in [-0.2, 0) is 0 Å². The third-order valence-electron chi connectivity index (χ3n) is 3.69. The summed E-state index contributed by atoms with van der Waals surface area (Å²) in [6.07, 6.45) is 1.23. The summed E-state index contributed by atoms with van der Waals surface area (Å²) in [6.45, 7) is 5.03. The van der Waals surface area contributed by atoms with Crippen LogP contribution in [0.5, 0.6) is 0 Å². The normalized spacial score (nSPS) is 21.6. The highest BCUT2D eigenvalue weighted by Crippen LogP contribution is 2.38. The van der Waals surface area contributed by atoms with Gasteiger partial charge in [0.05, 0.1) is 11.3 Å². The van der Waals surface area contributed by atoms with Gasteiger partial charge in [-0.1, -0.05) is 13.0 Å². The van der Waals surface area contributed by atoms with Gasteiger partial charge in [-0.05, 0) is 42.9 Å². The highest BCUT2D eigenvalue weighted by Gasteiger charge is 2.34. The van der Waals surface area contributed by atoms with Crippen LogP contribution in [0.4, 0.5) is 5.69 Å². The lowest BCUT2D eigenvalue weighted by molar-refractivity contribution is 0.0788. The summed E-state index contributed by atoms with van der Waals surface area (Å²) in [5, 5.41) is 0. The predicted molar refractivity (Wildman–Crippen MR) is 73.2 cm³/mol. The number of carbonyl (C=O) groups excluding carboxylic acids is 1. The zero-order chi connectivity index (χ0) is 13.3. The van der Waals surface area contributed by atoms with Crippen molar-refractivity contribution in [2.75, 3.05) is 19.0 Å². The maximum Gasteiger partial charge on any atom is 0.255 e. The van der Waals surface area contributed by atoms with Gasteiger partial charge in [0.2, 0.25) is 0 Å². The monoisotopic (exact) mass is 247 g/mol. The first-order chi connectivity index (χ1) is 8.52. The summed E-state index contributed by atoms with van der Waals surface area (Å²) in [6, 6.07) is 5.65. The molecule has 2 atom stereocenters. The van der Waals surface area contributed by atoms with Crippen molar-refractivity contribution in [2.24, 2.45) is 17.7 Å². The van der Waals surface area contributed by atoms with Gasteiger partial charge in [0.15, 0.2) is 0 Å². The highest BCUT2D eigenvalue weighted by atomic mass is 16.2. The second-order valence-electron chi connectivity index (χ2n) is 5.35. The van der Waals surface area contributed by atoms with Gasteiger partial charge >= 0.3 is 0 Å². The van der Waals surface area contributed by atoms with Crippen molar-refractivity contribution in [3.8, 4) is 0 Å². The lowest BCUT2D eigenvalue weighted by Crippen LogP contribution is -2.30. The smallest absolute Gasteiger partial charge is 0.255 e. The molecular formula is C14H21N3O. The van der Waals surface area contributed by atoms with E-state index in [9.17, 15) is 4.79 Å². The molecule has 1 aromatic rings. The van der Waals surface area contributed by atoms with Crippen LogP contribution in [0.3, 0.4) is 0 Å². The molecule has 0 saturated heterocycles. The number of carbonyl (C=O) groups is 1. The molecule has 1 aliphatic carbocycles. The zero-order valence-electron chi connectivity index (χ0n) is 11.2. The number of nitrogens with zero attached hydrogens (tertiary/aromatic N) is 1. The number of anilines is 1. The Morgan fingerprint density at radius 3 is 2.78 bits per heavy atom. The molecule has 1 aliphatic rings. The highest BCUT2D eigenvalue weighted by molar-refractivity contribution is 5.99. The van der Waals surface area contributed by atoms with Gasteiger partial charge in [0.25, 0.3) is 5.91 Å². The fourth-order valence-electron chi connectivity index (χ4n) is 2.26. The molecule has 2 rings (SSSR count). The molecule has 0 aliphatic heterocycles. The summed E-state index contributed by atoms with van der Waals surface area (Å²) in [5.74, 6) is 6.92. The average molecular weight is 247 g/mol. The Kier molecular flexibility index (Phi) is 3.57. The Morgan fingerprint density at radius 1 is 1.56 bits per heavy atom. The van der Waals surface area contributed by atoms with Crippen LogP contribution in [0, 0.1) is 18.8 Å². The first-order valence-electron chi connectivity index (χ1n) is 6.35. The number of hydrogen-bond donors (Lipinski definition) is 2. The predicted octanol–water partition coefficient (Wildman–Crippen LogP) is 2.01. The van der Waals surface area contributed by atoms with Crippen LogP contribution in [-0.4, -0.2) is 24.4 Å². The minimum Gasteiger partial charge on any atom is -0.341 e. The Hall–Kier alpha value is -1.55. The first-order valence-corrected chi connectivity index (χ1v) is 6.35. The minimum atomic E-state index is 0.0297. The van der Waals surface area contributed by atoms with E-state index in [2.05, 4.69) is 12.3 Å². The molecule has 1 aromatic carbocycles. The molecular weight excluding hydrogens is 226 g/mol. The SMILES string of the molecule is Cc1ccc(C(=O)N(C)CC2CC2C)c(NN)c1. The molecule has 1 amide bonds. The van der Waals surface area contributed by atoms with Gasteiger partial charge in [-0.2, -0.15) is 0 Å². The quantitative estimate of drug-likeness (QED) is 0.632. The number of benzene rings is 1. The van der Waals surface area contributed by atoms with Crippen molar-refractivity contribution in [2.45, 2.75) is 20.3 Å². The Balaban J connectivity index is 2.12. The summed E-state index contributed by atoms with van der Waals surface area (Å²) >= 11 is 0. The van der Waals surface area contributed by atoms with Gasteiger partial charge in [-0.25, -0.2) is 0 Å². The van der Waals surface area contributed by atoms with Gasteiger partial charge in [-0.15, -0.1) is 0 Å². The molecule has 2 unspecified atom stereocenters. The van der Waals surface area contributed by atoms with Gasteiger partial charge < -0.3 is 10.3 Å². The molecule has 0 aromatic heterocycles. The van der Waals surface area contributed by atoms with Crippen LogP contribution < -0.4 is 11.3 Å². The lowest BCUT2D eigenvalue weighted by Gasteiger charge is -2.19. The van der Waals surface area contributed by atoms with Crippen LogP contribution in [0.1, 0.15) is 29.3 Å². The topological polar surface area (TPSA) is 58.4 Å². The van der Waals surface area contributed by atoms with E-state index in [4.69, 9.17) is 5.84 Å². The lowest BCUT2D eigenvalue weighted by atomic mass is 10.1. The summed E-state index contributed by atoms with van der Waals surface area (Å²) in [7, 11) is 1.85. The molecule has 0 radical (unpaired) electrons. The molecule has 98 valence electrons. The van der Waals surface area contributed by atoms with Gasteiger partial charge in [0, 0.05) is 13.6 Å². The number of rotatable bonds is 4. The van der Waals surface area contributed by atoms with Crippen molar-refractivity contribution in [1.82, 2.24) is 4.90 Å². The van der Waals surface area contributed by atoms with Crippen molar-refractivity contribution in [3.05, 3.63) is 29.3 Å². The number of nitrogen functional groups attached to an aromatic ring is 1. The van der Waals surface area contributed by atoms with Crippen LogP contribution in [0.2, 0.25) is 0 Å². The molecule has 0 spiro atoms. The molecule has 0 bridgehead atoms. The standard InChI is InChI=1S/C14H21N3O/c1-9-4-5-12(13(6-9)16-15)14(18)17(3)8-11-7-10(11)2/h4-6,10-11,16H,7-8,15H2,1-3H3. The number of nitrogens with one attached hydrogen (secondary N) is 1. The van der Waals surface area contributed by atoms with E-state index >= 15 is 0 Å². The van der Waals surface area contributed by atoms with Crippen LogP contribution in [0.15, 0.2) is 18.2 Å².